The number of anilines is 1. The van der Waals surface area contributed by atoms with Crippen molar-refractivity contribution < 1.29 is 27.4 Å². The van der Waals surface area contributed by atoms with Gasteiger partial charge < -0.3 is 14.8 Å². The molecule has 7 heteroatoms. The summed E-state index contributed by atoms with van der Waals surface area (Å²) in [5, 5.41) is 2.60. The maximum absolute atomic E-state index is 12.3. The number of rotatable bonds is 6. The molecule has 1 unspecified atom stereocenters. The zero-order chi connectivity index (χ0) is 19.3. The molecule has 0 aliphatic heterocycles. The maximum Gasteiger partial charge on any atom is 0.573 e. The smallest absolute Gasteiger partial charge is 0.481 e. The Morgan fingerprint density at radius 3 is 2.19 bits per heavy atom. The predicted octanol–water partition coefficient (Wildman–Crippen LogP) is 5.11. The molecule has 1 atom stereocenters. The summed E-state index contributed by atoms with van der Waals surface area (Å²) in [6.45, 7) is 5.66. The quantitative estimate of drug-likeness (QED) is 0.771. The van der Waals surface area contributed by atoms with Gasteiger partial charge in [0.25, 0.3) is 5.91 Å². The van der Waals surface area contributed by atoms with Gasteiger partial charge in [0, 0.05) is 5.69 Å². The van der Waals surface area contributed by atoms with Crippen LogP contribution in [0.3, 0.4) is 0 Å². The summed E-state index contributed by atoms with van der Waals surface area (Å²) in [7, 11) is 0. The van der Waals surface area contributed by atoms with Crippen molar-refractivity contribution in [1.82, 2.24) is 0 Å². The summed E-state index contributed by atoms with van der Waals surface area (Å²) in [5.74, 6) is 0.0976. The van der Waals surface area contributed by atoms with Crippen LogP contribution in [0.25, 0.3) is 0 Å². The molecule has 0 bridgehead atoms. The molecule has 0 heterocycles. The van der Waals surface area contributed by atoms with Crippen molar-refractivity contribution in [1.29, 1.82) is 0 Å². The molecule has 2 aromatic rings. The number of benzene rings is 2. The zero-order valence-corrected chi connectivity index (χ0v) is 14.6. The zero-order valence-electron chi connectivity index (χ0n) is 14.6. The fourth-order valence-corrected chi connectivity index (χ4v) is 2.29. The lowest BCUT2D eigenvalue weighted by molar-refractivity contribution is -0.274. The molecule has 2 rings (SSSR count). The fourth-order valence-electron chi connectivity index (χ4n) is 2.29. The van der Waals surface area contributed by atoms with Gasteiger partial charge in [0.1, 0.15) is 11.5 Å². The number of alkyl halides is 3. The van der Waals surface area contributed by atoms with Crippen molar-refractivity contribution in [2.75, 3.05) is 5.32 Å². The molecule has 0 aliphatic carbocycles. The summed E-state index contributed by atoms with van der Waals surface area (Å²) in [6.07, 6.45) is -5.53. The van der Waals surface area contributed by atoms with Crippen molar-refractivity contribution in [2.45, 2.75) is 39.2 Å². The highest BCUT2D eigenvalue weighted by Gasteiger charge is 2.31. The lowest BCUT2D eigenvalue weighted by atomic mass is 10.0. The standard InChI is InChI=1S/C19H20F3NO3/c1-12(2)16-6-4-5-7-17(16)25-13(3)18(24)23-14-8-10-15(11-9-14)26-19(20,21)22/h4-13H,1-3H3,(H,23,24). The highest BCUT2D eigenvalue weighted by molar-refractivity contribution is 5.94. The Bertz CT molecular complexity index is 742. The van der Waals surface area contributed by atoms with Crippen LogP contribution in [0.15, 0.2) is 48.5 Å². The van der Waals surface area contributed by atoms with Gasteiger partial charge in [-0.1, -0.05) is 32.0 Å². The summed E-state index contributed by atoms with van der Waals surface area (Å²) < 4.78 is 46.0. The summed E-state index contributed by atoms with van der Waals surface area (Å²) in [6, 6.07) is 12.4. The first-order valence-corrected chi connectivity index (χ1v) is 8.08. The maximum atomic E-state index is 12.3. The predicted molar refractivity (Wildman–Crippen MR) is 92.4 cm³/mol. The van der Waals surface area contributed by atoms with Crippen molar-refractivity contribution in [3.8, 4) is 11.5 Å². The Labute approximate surface area is 149 Å². The molecule has 0 fully saturated rings. The molecule has 1 N–H and O–H groups in total. The average Bonchev–Trinajstić information content (AvgIpc) is 2.55. The molecule has 0 spiro atoms. The largest absolute Gasteiger partial charge is 0.573 e. The number of para-hydroxylation sites is 1. The SMILES string of the molecule is CC(Oc1ccccc1C(C)C)C(=O)Nc1ccc(OC(F)(F)F)cc1. The Morgan fingerprint density at radius 1 is 1.00 bits per heavy atom. The van der Waals surface area contributed by atoms with E-state index in [0.29, 0.717) is 11.4 Å². The molecule has 2 aromatic carbocycles. The minimum absolute atomic E-state index is 0.239. The lowest BCUT2D eigenvalue weighted by Crippen LogP contribution is -2.30. The second-order valence-corrected chi connectivity index (χ2v) is 6.01. The molecule has 0 saturated heterocycles. The van der Waals surface area contributed by atoms with Gasteiger partial charge >= 0.3 is 6.36 Å². The Morgan fingerprint density at radius 2 is 1.62 bits per heavy atom. The Balaban J connectivity index is 1.99. The van der Waals surface area contributed by atoms with Crippen LogP contribution in [0.1, 0.15) is 32.3 Å². The van der Waals surface area contributed by atoms with E-state index in [9.17, 15) is 18.0 Å². The third-order valence-electron chi connectivity index (χ3n) is 3.57. The molecular formula is C19H20F3NO3. The van der Waals surface area contributed by atoms with Gasteiger partial charge in [-0.2, -0.15) is 0 Å². The number of ether oxygens (including phenoxy) is 2. The molecule has 26 heavy (non-hydrogen) atoms. The highest BCUT2D eigenvalue weighted by Crippen LogP contribution is 2.27. The lowest BCUT2D eigenvalue weighted by Gasteiger charge is -2.18. The summed E-state index contributed by atoms with van der Waals surface area (Å²) >= 11 is 0. The molecular weight excluding hydrogens is 347 g/mol. The number of amides is 1. The monoisotopic (exact) mass is 367 g/mol. The van der Waals surface area contributed by atoms with Crippen LogP contribution in [0.2, 0.25) is 0 Å². The van der Waals surface area contributed by atoms with E-state index in [4.69, 9.17) is 4.74 Å². The minimum Gasteiger partial charge on any atom is -0.481 e. The first-order chi connectivity index (χ1) is 12.2. The van der Waals surface area contributed by atoms with E-state index in [-0.39, 0.29) is 11.7 Å². The molecule has 0 saturated carbocycles. The van der Waals surface area contributed by atoms with Gasteiger partial charge in [-0.15, -0.1) is 13.2 Å². The van der Waals surface area contributed by atoms with Gasteiger partial charge in [0.05, 0.1) is 0 Å². The molecule has 0 aromatic heterocycles. The molecule has 0 radical (unpaired) electrons. The van der Waals surface area contributed by atoms with E-state index in [1.165, 1.54) is 12.1 Å². The number of hydrogen-bond acceptors (Lipinski definition) is 3. The van der Waals surface area contributed by atoms with E-state index < -0.39 is 18.4 Å². The molecule has 1 amide bonds. The second-order valence-electron chi connectivity index (χ2n) is 6.01. The van der Waals surface area contributed by atoms with Crippen LogP contribution in [-0.4, -0.2) is 18.4 Å². The van der Waals surface area contributed by atoms with E-state index >= 15 is 0 Å². The number of carbonyl (C=O) groups excluding carboxylic acids is 1. The number of halogens is 3. The first-order valence-electron chi connectivity index (χ1n) is 8.08. The van der Waals surface area contributed by atoms with Gasteiger partial charge in [-0.05, 0) is 48.7 Å². The van der Waals surface area contributed by atoms with Crippen LogP contribution >= 0.6 is 0 Å². The number of carbonyl (C=O) groups is 1. The Kier molecular flexibility index (Phi) is 6.13. The minimum atomic E-state index is -4.75. The summed E-state index contributed by atoms with van der Waals surface area (Å²) in [5.41, 5.74) is 1.33. The fraction of sp³-hybridized carbons (Fsp3) is 0.316. The van der Waals surface area contributed by atoms with Crippen LogP contribution in [0.4, 0.5) is 18.9 Å². The van der Waals surface area contributed by atoms with E-state index in [2.05, 4.69) is 10.1 Å². The average molecular weight is 367 g/mol. The topological polar surface area (TPSA) is 47.6 Å². The number of nitrogens with one attached hydrogen (secondary N) is 1. The van der Waals surface area contributed by atoms with E-state index in [0.717, 1.165) is 17.7 Å². The van der Waals surface area contributed by atoms with Gasteiger partial charge in [-0.3, -0.25) is 4.79 Å². The third-order valence-corrected chi connectivity index (χ3v) is 3.57. The van der Waals surface area contributed by atoms with E-state index in [1.54, 1.807) is 13.0 Å². The van der Waals surface area contributed by atoms with Crippen LogP contribution in [0.5, 0.6) is 11.5 Å². The van der Waals surface area contributed by atoms with Gasteiger partial charge in [0.15, 0.2) is 6.10 Å². The second kappa shape index (κ2) is 8.12. The summed E-state index contributed by atoms with van der Waals surface area (Å²) in [4.78, 5) is 12.3. The van der Waals surface area contributed by atoms with Crippen LogP contribution in [0, 0.1) is 0 Å². The molecule has 140 valence electrons. The first kappa shape index (κ1) is 19.6. The van der Waals surface area contributed by atoms with Crippen molar-refractivity contribution >= 4 is 11.6 Å². The van der Waals surface area contributed by atoms with Gasteiger partial charge in [-0.25, -0.2) is 0 Å². The van der Waals surface area contributed by atoms with Crippen LogP contribution < -0.4 is 14.8 Å². The van der Waals surface area contributed by atoms with Crippen molar-refractivity contribution in [3.63, 3.8) is 0 Å². The molecule has 0 aliphatic rings. The van der Waals surface area contributed by atoms with Crippen molar-refractivity contribution in [2.24, 2.45) is 0 Å². The number of hydrogen-bond donors (Lipinski definition) is 1. The van der Waals surface area contributed by atoms with Crippen LogP contribution in [-0.2, 0) is 4.79 Å². The Hall–Kier alpha value is -2.70. The molecule has 4 nitrogen and oxygen atoms in total. The van der Waals surface area contributed by atoms with Crippen molar-refractivity contribution in [3.05, 3.63) is 54.1 Å². The normalized spacial score (nSPS) is 12.6. The highest BCUT2D eigenvalue weighted by atomic mass is 19.4. The third kappa shape index (κ3) is 5.68. The van der Waals surface area contributed by atoms with Gasteiger partial charge in [0.2, 0.25) is 0 Å². The van der Waals surface area contributed by atoms with E-state index in [1.807, 2.05) is 32.0 Å².